The molecule has 144 valence electrons. The Morgan fingerprint density at radius 1 is 0.926 bits per heavy atom. The Kier molecular flexibility index (Phi) is 8.56. The van der Waals surface area contributed by atoms with Crippen LogP contribution in [0.15, 0.2) is 66.2 Å². The predicted octanol–water partition coefficient (Wildman–Crippen LogP) is 4.96. The summed E-state index contributed by atoms with van der Waals surface area (Å²) in [5, 5.41) is 0. The molecular weight excluding hydrogens is 358 g/mol. The fourth-order valence-corrected chi connectivity index (χ4v) is 3.56. The second-order valence-electron chi connectivity index (χ2n) is 6.61. The molecule has 1 aliphatic rings. The van der Waals surface area contributed by atoms with E-state index in [4.69, 9.17) is 4.74 Å². The second kappa shape index (κ2) is 10.9. The number of piperidine rings is 1. The molecule has 0 radical (unpaired) electrons. The molecule has 1 saturated heterocycles. The van der Waals surface area contributed by atoms with E-state index in [2.05, 4.69) is 65.6 Å². The third kappa shape index (κ3) is 5.95. The Bertz CT molecular complexity index is 692. The second-order valence-corrected chi connectivity index (χ2v) is 6.61. The van der Waals surface area contributed by atoms with Crippen LogP contribution in [0.4, 0.5) is 0 Å². The lowest BCUT2D eigenvalue weighted by molar-refractivity contribution is -0.143. The minimum absolute atomic E-state index is 0. The highest BCUT2D eigenvalue weighted by atomic mass is 35.5. The van der Waals surface area contributed by atoms with Crippen LogP contribution in [0.5, 0.6) is 0 Å². The van der Waals surface area contributed by atoms with Gasteiger partial charge in [0.05, 0.1) is 13.0 Å². The Labute approximate surface area is 168 Å². The molecule has 0 bridgehead atoms. The molecule has 0 spiro atoms. The van der Waals surface area contributed by atoms with Crippen LogP contribution < -0.4 is 0 Å². The summed E-state index contributed by atoms with van der Waals surface area (Å²) in [7, 11) is 0. The quantitative estimate of drug-likeness (QED) is 0.658. The van der Waals surface area contributed by atoms with Gasteiger partial charge in [-0.2, -0.15) is 0 Å². The van der Waals surface area contributed by atoms with Crippen molar-refractivity contribution in [3.63, 3.8) is 0 Å². The molecule has 3 nitrogen and oxygen atoms in total. The zero-order valence-corrected chi connectivity index (χ0v) is 16.7. The van der Waals surface area contributed by atoms with Crippen LogP contribution in [0.25, 0.3) is 5.57 Å². The number of carbonyl (C=O) groups is 1. The summed E-state index contributed by atoms with van der Waals surface area (Å²) in [6.07, 6.45) is 2.57. The lowest BCUT2D eigenvalue weighted by Crippen LogP contribution is -2.33. The highest BCUT2D eigenvalue weighted by molar-refractivity contribution is 5.85. The van der Waals surface area contributed by atoms with E-state index in [0.29, 0.717) is 13.0 Å². The van der Waals surface area contributed by atoms with Crippen molar-refractivity contribution in [2.45, 2.75) is 26.2 Å². The number of ether oxygens (including phenoxy) is 1. The monoisotopic (exact) mass is 385 g/mol. The van der Waals surface area contributed by atoms with Gasteiger partial charge in [0.2, 0.25) is 0 Å². The summed E-state index contributed by atoms with van der Waals surface area (Å²) in [5.41, 5.74) is 5.45. The summed E-state index contributed by atoms with van der Waals surface area (Å²) >= 11 is 0. The lowest BCUT2D eigenvalue weighted by Gasteiger charge is -2.30. The summed E-state index contributed by atoms with van der Waals surface area (Å²) in [6.45, 7) is 5.10. The number of likely N-dealkylation sites (tertiary alicyclic amines) is 1. The summed E-state index contributed by atoms with van der Waals surface area (Å²) < 4.78 is 5.03. The van der Waals surface area contributed by atoms with Crippen molar-refractivity contribution >= 4 is 23.9 Å². The molecule has 2 aromatic rings. The van der Waals surface area contributed by atoms with E-state index in [-0.39, 0.29) is 18.4 Å². The Hall–Kier alpha value is -2.10. The number of nitrogens with zero attached hydrogens (tertiary/aromatic N) is 1. The van der Waals surface area contributed by atoms with Crippen molar-refractivity contribution in [3.05, 3.63) is 77.4 Å². The van der Waals surface area contributed by atoms with E-state index in [1.54, 1.807) is 0 Å². The van der Waals surface area contributed by atoms with Crippen LogP contribution in [0.3, 0.4) is 0 Å². The largest absolute Gasteiger partial charge is 0.466 e. The third-order valence-electron chi connectivity index (χ3n) is 4.88. The number of esters is 1. The first-order valence-corrected chi connectivity index (χ1v) is 9.48. The standard InChI is InChI=1S/C23H27NO2.ClH/c1-2-26-22(25)15-18-24-16-13-21(14-17-24)23(19-9-5-3-6-10-19)20-11-7-4-8-12-20;/h3-12H,2,13-18H2,1H3;1H. The van der Waals surface area contributed by atoms with E-state index >= 15 is 0 Å². The van der Waals surface area contributed by atoms with Crippen LogP contribution in [-0.4, -0.2) is 37.1 Å². The molecule has 0 atom stereocenters. The van der Waals surface area contributed by atoms with E-state index < -0.39 is 0 Å². The maximum atomic E-state index is 11.6. The van der Waals surface area contributed by atoms with Gasteiger partial charge in [0.25, 0.3) is 0 Å². The molecule has 0 N–H and O–H groups in total. The minimum atomic E-state index is -0.0944. The first-order chi connectivity index (χ1) is 12.8. The number of hydrogen-bond donors (Lipinski definition) is 0. The van der Waals surface area contributed by atoms with Gasteiger partial charge in [-0.25, -0.2) is 0 Å². The van der Waals surface area contributed by atoms with Gasteiger partial charge in [-0.15, -0.1) is 12.4 Å². The third-order valence-corrected chi connectivity index (χ3v) is 4.88. The van der Waals surface area contributed by atoms with Gasteiger partial charge in [-0.05, 0) is 36.5 Å². The first-order valence-electron chi connectivity index (χ1n) is 9.48. The van der Waals surface area contributed by atoms with Crippen LogP contribution in [0.2, 0.25) is 0 Å². The molecule has 0 unspecified atom stereocenters. The predicted molar refractivity (Wildman–Crippen MR) is 113 cm³/mol. The fraction of sp³-hybridized carbons (Fsp3) is 0.348. The Morgan fingerprint density at radius 3 is 1.93 bits per heavy atom. The molecule has 2 aromatic carbocycles. The topological polar surface area (TPSA) is 29.5 Å². The SMILES string of the molecule is CCOC(=O)CCN1CCC(=C(c2ccccc2)c2ccccc2)CC1.Cl. The van der Waals surface area contributed by atoms with Crippen molar-refractivity contribution in [1.82, 2.24) is 4.90 Å². The van der Waals surface area contributed by atoms with Gasteiger partial charge in [-0.3, -0.25) is 4.79 Å². The molecule has 1 fully saturated rings. The number of halogens is 1. The van der Waals surface area contributed by atoms with Gasteiger partial charge < -0.3 is 9.64 Å². The van der Waals surface area contributed by atoms with E-state index in [1.165, 1.54) is 22.3 Å². The average molecular weight is 386 g/mol. The van der Waals surface area contributed by atoms with Crippen LogP contribution in [-0.2, 0) is 9.53 Å². The highest BCUT2D eigenvalue weighted by Gasteiger charge is 2.19. The molecule has 0 amide bonds. The normalized spacial score (nSPS) is 14.3. The molecule has 1 heterocycles. The molecule has 0 aromatic heterocycles. The molecular formula is C23H28ClNO2. The highest BCUT2D eigenvalue weighted by Crippen LogP contribution is 2.32. The maximum Gasteiger partial charge on any atom is 0.307 e. The maximum absolute atomic E-state index is 11.6. The molecule has 0 saturated carbocycles. The zero-order valence-electron chi connectivity index (χ0n) is 15.9. The van der Waals surface area contributed by atoms with Crippen LogP contribution >= 0.6 is 12.4 Å². The Morgan fingerprint density at radius 2 is 1.44 bits per heavy atom. The van der Waals surface area contributed by atoms with Gasteiger partial charge in [0.15, 0.2) is 0 Å². The fourth-order valence-electron chi connectivity index (χ4n) is 3.56. The molecule has 27 heavy (non-hydrogen) atoms. The summed E-state index contributed by atoms with van der Waals surface area (Å²) in [6, 6.07) is 21.3. The molecule has 3 rings (SSSR count). The smallest absolute Gasteiger partial charge is 0.307 e. The van der Waals surface area contributed by atoms with Crippen molar-refractivity contribution in [1.29, 1.82) is 0 Å². The van der Waals surface area contributed by atoms with Crippen molar-refractivity contribution in [3.8, 4) is 0 Å². The molecule has 4 heteroatoms. The van der Waals surface area contributed by atoms with Crippen molar-refractivity contribution in [2.24, 2.45) is 0 Å². The van der Waals surface area contributed by atoms with E-state index in [0.717, 1.165) is 32.5 Å². The van der Waals surface area contributed by atoms with E-state index in [9.17, 15) is 4.79 Å². The van der Waals surface area contributed by atoms with Gasteiger partial charge in [0, 0.05) is 19.6 Å². The molecule has 0 aliphatic carbocycles. The van der Waals surface area contributed by atoms with Crippen LogP contribution in [0, 0.1) is 0 Å². The number of rotatable bonds is 6. The lowest BCUT2D eigenvalue weighted by atomic mass is 9.88. The molecule has 1 aliphatic heterocycles. The summed E-state index contributed by atoms with van der Waals surface area (Å²) in [4.78, 5) is 13.9. The number of carbonyl (C=O) groups excluding carboxylic acids is 1. The van der Waals surface area contributed by atoms with Crippen molar-refractivity contribution in [2.75, 3.05) is 26.2 Å². The van der Waals surface area contributed by atoms with Gasteiger partial charge in [0.1, 0.15) is 0 Å². The van der Waals surface area contributed by atoms with E-state index in [1.807, 2.05) is 6.92 Å². The zero-order chi connectivity index (χ0) is 18.2. The van der Waals surface area contributed by atoms with Crippen molar-refractivity contribution < 1.29 is 9.53 Å². The average Bonchev–Trinajstić information content (AvgIpc) is 2.69. The number of benzene rings is 2. The van der Waals surface area contributed by atoms with Crippen LogP contribution in [0.1, 0.15) is 37.3 Å². The summed E-state index contributed by atoms with van der Waals surface area (Å²) in [5.74, 6) is -0.0944. The Balaban J connectivity index is 0.00000261. The minimum Gasteiger partial charge on any atom is -0.466 e. The first kappa shape index (κ1) is 21.2. The van der Waals surface area contributed by atoms with Gasteiger partial charge >= 0.3 is 5.97 Å². The van der Waals surface area contributed by atoms with Gasteiger partial charge in [-0.1, -0.05) is 66.2 Å². The number of hydrogen-bond acceptors (Lipinski definition) is 3.